The molecule has 5 heteroatoms. The minimum atomic E-state index is 0.0490. The third-order valence-corrected chi connectivity index (χ3v) is 3.63. The Morgan fingerprint density at radius 3 is 2.53 bits per heavy atom. The highest BCUT2D eigenvalue weighted by Crippen LogP contribution is 2.11. The first-order valence-electron chi connectivity index (χ1n) is 6.26. The van der Waals surface area contributed by atoms with Crippen molar-refractivity contribution in [1.82, 2.24) is 10.2 Å². The van der Waals surface area contributed by atoms with Gasteiger partial charge in [-0.2, -0.15) is 11.8 Å². The van der Waals surface area contributed by atoms with E-state index in [4.69, 9.17) is 4.74 Å². The van der Waals surface area contributed by atoms with E-state index in [2.05, 4.69) is 18.5 Å². The average molecular weight is 260 g/mol. The molecule has 0 radical (unpaired) electrons. The van der Waals surface area contributed by atoms with Crippen LogP contribution in [-0.4, -0.2) is 54.3 Å². The summed E-state index contributed by atoms with van der Waals surface area (Å²) in [5.41, 5.74) is 0. The van der Waals surface area contributed by atoms with Gasteiger partial charge in [-0.1, -0.05) is 6.92 Å². The van der Waals surface area contributed by atoms with Gasteiger partial charge in [-0.15, -0.1) is 0 Å². The maximum Gasteiger partial charge on any atom is 0.317 e. The summed E-state index contributed by atoms with van der Waals surface area (Å²) < 4.78 is 5.62. The quantitative estimate of drug-likeness (QED) is 0.840. The van der Waals surface area contributed by atoms with Crippen molar-refractivity contribution in [2.75, 3.05) is 25.1 Å². The first-order chi connectivity index (χ1) is 8.06. The molecule has 4 nitrogen and oxygen atoms in total. The van der Waals surface area contributed by atoms with E-state index in [-0.39, 0.29) is 24.3 Å². The fourth-order valence-electron chi connectivity index (χ4n) is 2.07. The topological polar surface area (TPSA) is 41.6 Å². The molecule has 0 aliphatic carbocycles. The van der Waals surface area contributed by atoms with Gasteiger partial charge in [-0.05, 0) is 26.5 Å². The lowest BCUT2D eigenvalue weighted by Crippen LogP contribution is -2.53. The SMILES string of the molecule is CC[C@@H](CSC)NC(=O)N1C[C@@H](C)O[C@@H](C)C1. The minimum absolute atomic E-state index is 0.0490. The fourth-order valence-corrected chi connectivity index (χ4v) is 2.79. The summed E-state index contributed by atoms with van der Waals surface area (Å²) in [4.78, 5) is 13.9. The van der Waals surface area contributed by atoms with E-state index < -0.39 is 0 Å². The van der Waals surface area contributed by atoms with Gasteiger partial charge < -0.3 is 15.0 Å². The Hall–Kier alpha value is -0.420. The summed E-state index contributed by atoms with van der Waals surface area (Å²) in [5.74, 6) is 0.970. The van der Waals surface area contributed by atoms with Crippen LogP contribution in [0, 0.1) is 0 Å². The van der Waals surface area contributed by atoms with Crippen LogP contribution < -0.4 is 5.32 Å². The minimum Gasteiger partial charge on any atom is -0.372 e. The third-order valence-electron chi connectivity index (χ3n) is 2.90. The fraction of sp³-hybridized carbons (Fsp3) is 0.917. The Bertz CT molecular complexity index is 241. The van der Waals surface area contributed by atoms with Crippen molar-refractivity contribution in [3.63, 3.8) is 0 Å². The van der Waals surface area contributed by atoms with Gasteiger partial charge in [0.15, 0.2) is 0 Å². The number of morpholine rings is 1. The second kappa shape index (κ2) is 7.11. The standard InChI is InChI=1S/C12H24N2O2S/c1-5-11(8-17-4)13-12(15)14-6-9(2)16-10(3)7-14/h9-11H,5-8H2,1-4H3,(H,13,15)/t9-,10+,11-/m0/s1. The number of carbonyl (C=O) groups excluding carboxylic acids is 1. The van der Waals surface area contributed by atoms with Crippen molar-refractivity contribution < 1.29 is 9.53 Å². The lowest BCUT2D eigenvalue weighted by atomic mass is 10.2. The van der Waals surface area contributed by atoms with Crippen LogP contribution in [0.2, 0.25) is 0 Å². The van der Waals surface area contributed by atoms with Crippen molar-refractivity contribution in [2.45, 2.75) is 45.4 Å². The van der Waals surface area contributed by atoms with Gasteiger partial charge in [0.05, 0.1) is 12.2 Å². The number of hydrogen-bond acceptors (Lipinski definition) is 3. The molecule has 3 atom stereocenters. The zero-order valence-electron chi connectivity index (χ0n) is 11.2. The predicted molar refractivity (Wildman–Crippen MR) is 72.6 cm³/mol. The van der Waals surface area contributed by atoms with Crippen molar-refractivity contribution >= 4 is 17.8 Å². The van der Waals surface area contributed by atoms with Gasteiger partial charge >= 0.3 is 6.03 Å². The van der Waals surface area contributed by atoms with E-state index in [1.54, 1.807) is 11.8 Å². The number of carbonyl (C=O) groups is 1. The zero-order chi connectivity index (χ0) is 12.8. The molecule has 100 valence electrons. The largest absolute Gasteiger partial charge is 0.372 e. The zero-order valence-corrected chi connectivity index (χ0v) is 12.0. The second-order valence-corrected chi connectivity index (χ2v) is 5.58. The van der Waals surface area contributed by atoms with Crippen LogP contribution in [0.1, 0.15) is 27.2 Å². The molecule has 0 unspecified atom stereocenters. The third kappa shape index (κ3) is 4.76. The molecule has 0 spiro atoms. The number of rotatable bonds is 4. The molecule has 1 heterocycles. The van der Waals surface area contributed by atoms with Crippen LogP contribution >= 0.6 is 11.8 Å². The summed E-state index contributed by atoms with van der Waals surface area (Å²) in [6, 6.07) is 0.318. The van der Waals surface area contributed by atoms with E-state index in [1.165, 1.54) is 0 Å². The number of nitrogens with zero attached hydrogens (tertiary/aromatic N) is 1. The van der Waals surface area contributed by atoms with Gasteiger partial charge in [0, 0.05) is 24.9 Å². The molecule has 0 aromatic carbocycles. The van der Waals surface area contributed by atoms with Crippen LogP contribution in [-0.2, 0) is 4.74 Å². The molecule has 0 saturated carbocycles. The maximum absolute atomic E-state index is 12.1. The molecule has 1 aliphatic heterocycles. The number of thioether (sulfide) groups is 1. The van der Waals surface area contributed by atoms with Crippen LogP contribution in [0.3, 0.4) is 0 Å². The van der Waals surface area contributed by atoms with Crippen molar-refractivity contribution in [2.24, 2.45) is 0 Å². The Morgan fingerprint density at radius 2 is 2.06 bits per heavy atom. The lowest BCUT2D eigenvalue weighted by Gasteiger charge is -2.36. The summed E-state index contributed by atoms with van der Waals surface area (Å²) >= 11 is 1.77. The molecular weight excluding hydrogens is 236 g/mol. The van der Waals surface area contributed by atoms with Crippen LogP contribution in [0.25, 0.3) is 0 Å². The molecule has 2 amide bonds. The Morgan fingerprint density at radius 1 is 1.47 bits per heavy atom. The summed E-state index contributed by atoms with van der Waals surface area (Å²) in [5, 5.41) is 3.09. The molecule has 1 N–H and O–H groups in total. The van der Waals surface area contributed by atoms with E-state index in [0.29, 0.717) is 13.1 Å². The average Bonchev–Trinajstić information content (AvgIpc) is 2.27. The number of ether oxygens (including phenoxy) is 1. The van der Waals surface area contributed by atoms with Crippen LogP contribution in [0.15, 0.2) is 0 Å². The van der Waals surface area contributed by atoms with E-state index in [1.807, 2.05) is 18.7 Å². The number of nitrogens with one attached hydrogen (secondary N) is 1. The summed E-state index contributed by atoms with van der Waals surface area (Å²) in [6.45, 7) is 7.49. The lowest BCUT2D eigenvalue weighted by molar-refractivity contribution is -0.0547. The van der Waals surface area contributed by atoms with Gasteiger partial charge in [-0.3, -0.25) is 0 Å². The molecular formula is C12H24N2O2S. The smallest absolute Gasteiger partial charge is 0.317 e. The van der Waals surface area contributed by atoms with Gasteiger partial charge in [0.2, 0.25) is 0 Å². The molecule has 0 aromatic rings. The Balaban J connectivity index is 2.45. The highest BCUT2D eigenvalue weighted by molar-refractivity contribution is 7.98. The van der Waals surface area contributed by atoms with E-state index in [0.717, 1.165) is 12.2 Å². The Kier molecular flexibility index (Phi) is 6.12. The molecule has 1 aliphatic rings. The molecule has 1 saturated heterocycles. The van der Waals surface area contributed by atoms with Crippen molar-refractivity contribution in [3.05, 3.63) is 0 Å². The normalized spacial score (nSPS) is 26.7. The molecule has 17 heavy (non-hydrogen) atoms. The first-order valence-corrected chi connectivity index (χ1v) is 7.66. The second-order valence-electron chi connectivity index (χ2n) is 4.67. The number of amides is 2. The van der Waals surface area contributed by atoms with Gasteiger partial charge in [0.1, 0.15) is 0 Å². The highest BCUT2D eigenvalue weighted by atomic mass is 32.2. The van der Waals surface area contributed by atoms with Crippen molar-refractivity contribution in [3.8, 4) is 0 Å². The van der Waals surface area contributed by atoms with E-state index >= 15 is 0 Å². The monoisotopic (exact) mass is 260 g/mol. The van der Waals surface area contributed by atoms with Crippen LogP contribution in [0.5, 0.6) is 0 Å². The molecule has 1 rings (SSSR count). The first kappa shape index (κ1) is 14.6. The molecule has 0 aromatic heterocycles. The van der Waals surface area contributed by atoms with Crippen LogP contribution in [0.4, 0.5) is 4.79 Å². The van der Waals surface area contributed by atoms with E-state index in [9.17, 15) is 4.79 Å². The maximum atomic E-state index is 12.1. The Labute approximate surface area is 108 Å². The summed E-state index contributed by atoms with van der Waals surface area (Å²) in [7, 11) is 0. The predicted octanol–water partition coefficient (Wildman–Crippen LogP) is 1.95. The van der Waals surface area contributed by atoms with Crippen molar-refractivity contribution in [1.29, 1.82) is 0 Å². The van der Waals surface area contributed by atoms with Gasteiger partial charge in [0.25, 0.3) is 0 Å². The number of urea groups is 1. The highest BCUT2D eigenvalue weighted by Gasteiger charge is 2.26. The molecule has 1 fully saturated rings. The number of hydrogen-bond donors (Lipinski definition) is 1. The summed E-state index contributed by atoms with van der Waals surface area (Å²) in [6.07, 6.45) is 3.30. The molecule has 0 bridgehead atoms. The van der Waals surface area contributed by atoms with Gasteiger partial charge in [-0.25, -0.2) is 4.79 Å².